The Labute approximate surface area is 168 Å². The van der Waals surface area contributed by atoms with Crippen molar-refractivity contribution in [1.29, 1.82) is 0 Å². The minimum atomic E-state index is -1.44. The van der Waals surface area contributed by atoms with Crippen molar-refractivity contribution >= 4 is 23.9 Å². The standard InChI is InChI=1S/C21H22N2O6/c1-13(21(26)27)22-20(25)18(12-14-4-8-16(28-2)9-5-14)23-19(24)15-6-10-17(29-3)11-7-15/h4-13H,1-3H3,(H,22,25)(H,23,24)(H,26,27)/p-1/b18-12-/t13-/m1/s1. The van der Waals surface area contributed by atoms with Crippen molar-refractivity contribution in [2.45, 2.75) is 13.0 Å². The van der Waals surface area contributed by atoms with Crippen molar-refractivity contribution in [2.75, 3.05) is 14.2 Å². The van der Waals surface area contributed by atoms with Crippen molar-refractivity contribution in [1.82, 2.24) is 10.6 Å². The number of benzene rings is 2. The van der Waals surface area contributed by atoms with Crippen LogP contribution in [0.25, 0.3) is 6.08 Å². The zero-order valence-corrected chi connectivity index (χ0v) is 16.2. The Morgan fingerprint density at radius 2 is 1.45 bits per heavy atom. The van der Waals surface area contributed by atoms with Gasteiger partial charge in [0.15, 0.2) is 0 Å². The van der Waals surface area contributed by atoms with E-state index in [1.54, 1.807) is 48.5 Å². The number of ether oxygens (including phenoxy) is 2. The molecule has 0 aliphatic carbocycles. The fraction of sp³-hybridized carbons (Fsp3) is 0.190. The Bertz CT molecular complexity index is 904. The van der Waals surface area contributed by atoms with Gasteiger partial charge in [0.2, 0.25) is 0 Å². The topological polar surface area (TPSA) is 117 Å². The highest BCUT2D eigenvalue weighted by atomic mass is 16.5. The molecule has 0 spiro atoms. The molecule has 0 saturated carbocycles. The minimum absolute atomic E-state index is 0.121. The highest BCUT2D eigenvalue weighted by Gasteiger charge is 2.17. The average Bonchev–Trinajstić information content (AvgIpc) is 2.73. The van der Waals surface area contributed by atoms with Gasteiger partial charge in [-0.25, -0.2) is 0 Å². The third-order valence-corrected chi connectivity index (χ3v) is 3.97. The minimum Gasteiger partial charge on any atom is -0.548 e. The van der Waals surface area contributed by atoms with Gasteiger partial charge in [0, 0.05) is 5.56 Å². The van der Waals surface area contributed by atoms with Gasteiger partial charge in [-0.15, -0.1) is 0 Å². The molecule has 0 aliphatic heterocycles. The summed E-state index contributed by atoms with van der Waals surface area (Å²) >= 11 is 0. The number of hydrogen-bond donors (Lipinski definition) is 2. The number of aliphatic carboxylic acids is 1. The number of carbonyl (C=O) groups excluding carboxylic acids is 3. The largest absolute Gasteiger partial charge is 0.548 e. The lowest BCUT2D eigenvalue weighted by atomic mass is 10.1. The summed E-state index contributed by atoms with van der Waals surface area (Å²) in [5.41, 5.74) is 0.781. The average molecular weight is 397 g/mol. The van der Waals surface area contributed by atoms with Crippen LogP contribution in [0.5, 0.6) is 11.5 Å². The third kappa shape index (κ3) is 6.10. The molecule has 8 heteroatoms. The van der Waals surface area contributed by atoms with E-state index in [9.17, 15) is 19.5 Å². The predicted molar refractivity (Wildman–Crippen MR) is 104 cm³/mol. The number of hydrogen-bond acceptors (Lipinski definition) is 6. The molecule has 2 aromatic carbocycles. The van der Waals surface area contributed by atoms with Crippen LogP contribution < -0.4 is 25.2 Å². The van der Waals surface area contributed by atoms with Gasteiger partial charge in [-0.05, 0) is 55.0 Å². The number of carbonyl (C=O) groups is 3. The summed E-state index contributed by atoms with van der Waals surface area (Å²) in [6.45, 7) is 1.27. The molecule has 2 aromatic rings. The maximum absolute atomic E-state index is 12.5. The molecular weight excluding hydrogens is 376 g/mol. The molecule has 0 aromatic heterocycles. The second kappa shape index (κ2) is 9.93. The third-order valence-electron chi connectivity index (χ3n) is 3.97. The monoisotopic (exact) mass is 397 g/mol. The van der Waals surface area contributed by atoms with Crippen LogP contribution >= 0.6 is 0 Å². The fourth-order valence-corrected chi connectivity index (χ4v) is 2.30. The fourth-order valence-electron chi connectivity index (χ4n) is 2.30. The molecule has 2 rings (SSSR count). The quantitative estimate of drug-likeness (QED) is 0.635. The summed E-state index contributed by atoms with van der Waals surface area (Å²) < 4.78 is 10.1. The van der Waals surface area contributed by atoms with Gasteiger partial charge in [0.05, 0.1) is 26.2 Å². The van der Waals surface area contributed by atoms with Crippen LogP contribution in [0, 0.1) is 0 Å². The van der Waals surface area contributed by atoms with Gasteiger partial charge in [0.1, 0.15) is 17.2 Å². The van der Waals surface area contributed by atoms with E-state index in [1.165, 1.54) is 27.2 Å². The van der Waals surface area contributed by atoms with E-state index in [-0.39, 0.29) is 5.70 Å². The van der Waals surface area contributed by atoms with Gasteiger partial charge in [-0.1, -0.05) is 12.1 Å². The lowest BCUT2D eigenvalue weighted by molar-refractivity contribution is -0.307. The first-order valence-electron chi connectivity index (χ1n) is 8.67. The molecule has 2 amide bonds. The van der Waals surface area contributed by atoms with Gasteiger partial charge < -0.3 is 30.0 Å². The Morgan fingerprint density at radius 1 is 0.931 bits per heavy atom. The summed E-state index contributed by atoms with van der Waals surface area (Å²) in [5.74, 6) is -1.54. The summed E-state index contributed by atoms with van der Waals surface area (Å²) in [7, 11) is 3.04. The molecule has 8 nitrogen and oxygen atoms in total. The van der Waals surface area contributed by atoms with Crippen LogP contribution in [-0.4, -0.2) is 38.0 Å². The van der Waals surface area contributed by atoms with Crippen LogP contribution in [0.1, 0.15) is 22.8 Å². The van der Waals surface area contributed by atoms with Gasteiger partial charge in [-0.2, -0.15) is 0 Å². The van der Waals surface area contributed by atoms with E-state index < -0.39 is 23.8 Å². The van der Waals surface area contributed by atoms with Gasteiger partial charge >= 0.3 is 0 Å². The summed E-state index contributed by atoms with van der Waals surface area (Å²) in [6, 6.07) is 11.8. The van der Waals surface area contributed by atoms with Gasteiger partial charge in [0.25, 0.3) is 11.8 Å². The summed E-state index contributed by atoms with van der Waals surface area (Å²) in [6.07, 6.45) is 1.43. The molecule has 29 heavy (non-hydrogen) atoms. The molecule has 152 valence electrons. The van der Waals surface area contributed by atoms with Crippen molar-refractivity contribution in [2.24, 2.45) is 0 Å². The molecule has 0 heterocycles. The predicted octanol–water partition coefficient (Wildman–Crippen LogP) is 0.729. The highest BCUT2D eigenvalue weighted by molar-refractivity contribution is 6.06. The number of carboxylic acid groups (broad SMARTS) is 1. The number of amides is 2. The van der Waals surface area contributed by atoms with Crippen molar-refractivity contribution in [3.05, 3.63) is 65.4 Å². The molecule has 1 atom stereocenters. The van der Waals surface area contributed by atoms with Crippen LogP contribution in [0.4, 0.5) is 0 Å². The van der Waals surface area contributed by atoms with Crippen molar-refractivity contribution in [3.63, 3.8) is 0 Å². The van der Waals surface area contributed by atoms with Crippen LogP contribution in [0.15, 0.2) is 54.2 Å². The normalized spacial score (nSPS) is 11.9. The molecule has 0 saturated heterocycles. The van der Waals surface area contributed by atoms with E-state index in [1.807, 2.05) is 0 Å². The Morgan fingerprint density at radius 3 is 1.93 bits per heavy atom. The first-order chi connectivity index (χ1) is 13.8. The summed E-state index contributed by atoms with van der Waals surface area (Å²) in [4.78, 5) is 36.0. The maximum Gasteiger partial charge on any atom is 0.268 e. The molecule has 0 fully saturated rings. The Kier molecular flexibility index (Phi) is 7.36. The van der Waals surface area contributed by atoms with Crippen LogP contribution in [0.2, 0.25) is 0 Å². The highest BCUT2D eigenvalue weighted by Crippen LogP contribution is 2.15. The number of nitrogens with one attached hydrogen (secondary N) is 2. The van der Waals surface area contributed by atoms with Crippen LogP contribution in [0.3, 0.4) is 0 Å². The number of carboxylic acids is 1. The SMILES string of the molecule is COc1ccc(/C=C(\NC(=O)c2ccc(OC)cc2)C(=O)N[C@H](C)C(=O)[O-])cc1. The zero-order chi connectivity index (χ0) is 21.4. The Balaban J connectivity index is 2.29. The molecule has 0 bridgehead atoms. The second-order valence-corrected chi connectivity index (χ2v) is 6.03. The lowest BCUT2D eigenvalue weighted by Gasteiger charge is -2.17. The maximum atomic E-state index is 12.5. The molecular formula is C21H21N2O6-. The van der Waals surface area contributed by atoms with E-state index in [2.05, 4.69) is 10.6 Å². The van der Waals surface area contributed by atoms with Gasteiger partial charge in [-0.3, -0.25) is 9.59 Å². The molecule has 0 unspecified atom stereocenters. The van der Waals surface area contributed by atoms with E-state index in [4.69, 9.17) is 9.47 Å². The van der Waals surface area contributed by atoms with E-state index in [0.29, 0.717) is 22.6 Å². The number of methoxy groups -OCH3 is 2. The first-order valence-corrected chi connectivity index (χ1v) is 8.67. The smallest absolute Gasteiger partial charge is 0.268 e. The summed E-state index contributed by atoms with van der Waals surface area (Å²) in [5, 5.41) is 15.7. The van der Waals surface area contributed by atoms with E-state index in [0.717, 1.165) is 0 Å². The number of rotatable bonds is 8. The van der Waals surface area contributed by atoms with Crippen molar-refractivity contribution < 1.29 is 29.0 Å². The van der Waals surface area contributed by atoms with Crippen LogP contribution in [-0.2, 0) is 9.59 Å². The molecule has 2 N–H and O–H groups in total. The van der Waals surface area contributed by atoms with E-state index >= 15 is 0 Å². The Hall–Kier alpha value is -3.81. The first kappa shape index (κ1) is 21.5. The zero-order valence-electron chi connectivity index (χ0n) is 16.2. The van der Waals surface area contributed by atoms with Crippen molar-refractivity contribution in [3.8, 4) is 11.5 Å². The molecule has 0 radical (unpaired) electrons. The lowest BCUT2D eigenvalue weighted by Crippen LogP contribution is -2.48. The molecule has 0 aliphatic rings. The second-order valence-electron chi connectivity index (χ2n) is 6.03.